The minimum absolute atomic E-state index is 0.118. The Kier molecular flexibility index (Phi) is 5.75. The van der Waals surface area contributed by atoms with E-state index in [1.54, 1.807) is 29.2 Å². The third kappa shape index (κ3) is 3.90. The third-order valence-electron chi connectivity index (χ3n) is 6.60. The number of piperazine rings is 1. The second-order valence-electron chi connectivity index (χ2n) is 8.57. The van der Waals surface area contributed by atoms with Gasteiger partial charge in [-0.1, -0.05) is 48.5 Å². The van der Waals surface area contributed by atoms with E-state index in [0.717, 1.165) is 11.1 Å². The highest BCUT2D eigenvalue weighted by molar-refractivity contribution is 5.93. The fraction of sp³-hybridized carbons (Fsp3) is 0.231. The summed E-state index contributed by atoms with van der Waals surface area (Å²) >= 11 is 0. The summed E-state index contributed by atoms with van der Waals surface area (Å²) in [4.78, 5) is 28.6. The van der Waals surface area contributed by atoms with Gasteiger partial charge in [0.2, 0.25) is 5.91 Å². The number of nitrogens with zero attached hydrogens (tertiary/aromatic N) is 2. The van der Waals surface area contributed by atoms with E-state index in [4.69, 9.17) is 0 Å². The SMILES string of the molecule is O=C(Nc1cccc(F)c1)N1CC(=O)N2[C@H](CO)[C@@H](c3ccc(-c4ccccc4F)cc3)[C@@H]2C1. The molecular weight excluding hydrogens is 440 g/mol. The van der Waals surface area contributed by atoms with Gasteiger partial charge in [0.15, 0.2) is 0 Å². The van der Waals surface area contributed by atoms with Crippen LogP contribution >= 0.6 is 0 Å². The summed E-state index contributed by atoms with van der Waals surface area (Å²) in [6.07, 6.45) is 0. The largest absolute Gasteiger partial charge is 0.394 e. The molecule has 2 aliphatic rings. The molecule has 0 spiro atoms. The Balaban J connectivity index is 1.35. The number of urea groups is 1. The molecule has 0 radical (unpaired) electrons. The van der Waals surface area contributed by atoms with E-state index in [1.807, 2.05) is 24.3 Å². The molecule has 2 heterocycles. The molecule has 174 valence electrons. The Hall–Kier alpha value is -3.78. The number of carbonyl (C=O) groups is 2. The minimum Gasteiger partial charge on any atom is -0.394 e. The maximum absolute atomic E-state index is 14.1. The number of rotatable bonds is 4. The fourth-order valence-electron chi connectivity index (χ4n) is 5.00. The minimum atomic E-state index is -0.486. The van der Waals surface area contributed by atoms with E-state index in [9.17, 15) is 23.5 Å². The highest BCUT2D eigenvalue weighted by Crippen LogP contribution is 2.43. The van der Waals surface area contributed by atoms with Crippen LogP contribution in [0, 0.1) is 11.6 Å². The predicted molar refractivity (Wildman–Crippen MR) is 123 cm³/mol. The van der Waals surface area contributed by atoms with Crippen molar-refractivity contribution in [2.45, 2.75) is 18.0 Å². The van der Waals surface area contributed by atoms with Crippen molar-refractivity contribution in [3.8, 4) is 11.1 Å². The van der Waals surface area contributed by atoms with Crippen molar-refractivity contribution in [1.29, 1.82) is 0 Å². The maximum Gasteiger partial charge on any atom is 0.322 e. The zero-order chi connectivity index (χ0) is 23.8. The van der Waals surface area contributed by atoms with Crippen molar-refractivity contribution in [2.75, 3.05) is 25.0 Å². The zero-order valence-electron chi connectivity index (χ0n) is 18.2. The van der Waals surface area contributed by atoms with E-state index >= 15 is 0 Å². The molecule has 0 aromatic heterocycles. The molecule has 8 heteroatoms. The lowest BCUT2D eigenvalue weighted by Crippen LogP contribution is -2.73. The van der Waals surface area contributed by atoms with E-state index in [2.05, 4.69) is 5.32 Å². The van der Waals surface area contributed by atoms with Gasteiger partial charge < -0.3 is 20.2 Å². The van der Waals surface area contributed by atoms with Crippen molar-refractivity contribution in [2.24, 2.45) is 0 Å². The number of nitrogens with one attached hydrogen (secondary N) is 1. The number of aliphatic hydroxyl groups is 1. The number of aliphatic hydroxyl groups excluding tert-OH is 1. The van der Waals surface area contributed by atoms with Crippen LogP contribution in [0.1, 0.15) is 11.5 Å². The first-order valence-electron chi connectivity index (χ1n) is 11.0. The predicted octanol–water partition coefficient (Wildman–Crippen LogP) is 3.83. The van der Waals surface area contributed by atoms with Crippen LogP contribution in [-0.4, -0.2) is 58.6 Å². The Labute approximate surface area is 195 Å². The standard InChI is InChI=1S/C26H23F2N3O3/c27-18-4-3-5-19(12-18)29-26(34)30-13-22-25(23(15-32)31(22)24(33)14-30)17-10-8-16(9-11-17)20-6-1-2-7-21(20)28/h1-12,22-23,25,32H,13-15H2,(H,29,34)/t22-,23+,25-/m0/s1. The van der Waals surface area contributed by atoms with E-state index in [-0.39, 0.29) is 49.4 Å². The first-order chi connectivity index (χ1) is 16.5. The molecule has 2 aliphatic heterocycles. The van der Waals surface area contributed by atoms with Crippen molar-refractivity contribution in [3.05, 3.63) is 90.0 Å². The van der Waals surface area contributed by atoms with Crippen LogP contribution in [-0.2, 0) is 4.79 Å². The van der Waals surface area contributed by atoms with Gasteiger partial charge in [0.05, 0.1) is 18.7 Å². The summed E-state index contributed by atoms with van der Waals surface area (Å²) in [7, 11) is 0. The molecule has 3 aromatic rings. The van der Waals surface area contributed by atoms with Crippen LogP contribution in [0.2, 0.25) is 0 Å². The second-order valence-corrected chi connectivity index (χ2v) is 8.57. The highest BCUT2D eigenvalue weighted by atomic mass is 19.1. The van der Waals surface area contributed by atoms with Crippen molar-refractivity contribution in [3.63, 3.8) is 0 Å². The molecule has 5 rings (SSSR count). The monoisotopic (exact) mass is 463 g/mol. The summed E-state index contributed by atoms with van der Waals surface area (Å²) in [5.74, 6) is -1.20. The molecule has 6 nitrogen and oxygen atoms in total. The van der Waals surface area contributed by atoms with Gasteiger partial charge in [-0.2, -0.15) is 0 Å². The lowest BCUT2D eigenvalue weighted by molar-refractivity contribution is -0.159. The third-order valence-corrected chi connectivity index (χ3v) is 6.60. The first kappa shape index (κ1) is 22.0. The fourth-order valence-corrected chi connectivity index (χ4v) is 5.00. The number of halogens is 2. The molecule has 3 amide bonds. The van der Waals surface area contributed by atoms with Crippen LogP contribution in [0.3, 0.4) is 0 Å². The van der Waals surface area contributed by atoms with Crippen molar-refractivity contribution < 1.29 is 23.5 Å². The van der Waals surface area contributed by atoms with Gasteiger partial charge in [-0.3, -0.25) is 4.79 Å². The zero-order valence-corrected chi connectivity index (χ0v) is 18.2. The number of hydrogen-bond acceptors (Lipinski definition) is 3. The Morgan fingerprint density at radius 3 is 2.50 bits per heavy atom. The van der Waals surface area contributed by atoms with Gasteiger partial charge in [0.25, 0.3) is 0 Å². The molecule has 2 fully saturated rings. The molecule has 0 saturated carbocycles. The lowest BCUT2D eigenvalue weighted by Gasteiger charge is -2.58. The van der Waals surface area contributed by atoms with Crippen molar-refractivity contribution >= 4 is 17.6 Å². The summed E-state index contributed by atoms with van der Waals surface area (Å²) in [6.45, 7) is -0.0341. The van der Waals surface area contributed by atoms with Gasteiger partial charge in [-0.15, -0.1) is 0 Å². The van der Waals surface area contributed by atoms with Crippen molar-refractivity contribution in [1.82, 2.24) is 9.80 Å². The molecular formula is C26H23F2N3O3. The summed E-state index contributed by atoms with van der Waals surface area (Å²) in [5, 5.41) is 12.6. The second kappa shape index (κ2) is 8.87. The molecule has 2 saturated heterocycles. The Morgan fingerprint density at radius 2 is 1.79 bits per heavy atom. The van der Waals surface area contributed by atoms with E-state index in [1.165, 1.54) is 29.2 Å². The number of benzene rings is 3. The van der Waals surface area contributed by atoms with Gasteiger partial charge in [0, 0.05) is 23.7 Å². The lowest BCUT2D eigenvalue weighted by atomic mass is 9.73. The number of amides is 3. The highest BCUT2D eigenvalue weighted by Gasteiger charge is 2.54. The summed E-state index contributed by atoms with van der Waals surface area (Å²) in [5.41, 5.74) is 2.44. The van der Waals surface area contributed by atoms with Crippen LogP contribution in [0.5, 0.6) is 0 Å². The van der Waals surface area contributed by atoms with Gasteiger partial charge >= 0.3 is 6.03 Å². The molecule has 0 bridgehead atoms. The van der Waals surface area contributed by atoms with Gasteiger partial charge in [0.1, 0.15) is 18.2 Å². The maximum atomic E-state index is 14.1. The Morgan fingerprint density at radius 1 is 1.03 bits per heavy atom. The van der Waals surface area contributed by atoms with Crippen LogP contribution < -0.4 is 5.32 Å². The number of carbonyl (C=O) groups excluding carboxylic acids is 2. The first-order valence-corrected chi connectivity index (χ1v) is 11.0. The average Bonchev–Trinajstić information content (AvgIpc) is 2.81. The quantitative estimate of drug-likeness (QED) is 0.618. The normalized spacial score (nSPS) is 21.6. The van der Waals surface area contributed by atoms with E-state index < -0.39 is 11.8 Å². The van der Waals surface area contributed by atoms with Crippen LogP contribution in [0.15, 0.2) is 72.8 Å². The Bertz CT molecular complexity index is 1230. The number of anilines is 1. The molecule has 2 N–H and O–H groups in total. The summed E-state index contributed by atoms with van der Waals surface area (Å²) in [6, 6.07) is 18.3. The van der Waals surface area contributed by atoms with E-state index in [0.29, 0.717) is 11.3 Å². The molecule has 0 aliphatic carbocycles. The molecule has 3 aromatic carbocycles. The smallest absolute Gasteiger partial charge is 0.322 e. The topological polar surface area (TPSA) is 72.9 Å². The average molecular weight is 463 g/mol. The van der Waals surface area contributed by atoms with Crippen LogP contribution in [0.25, 0.3) is 11.1 Å². The van der Waals surface area contributed by atoms with Gasteiger partial charge in [-0.05, 0) is 35.4 Å². The van der Waals surface area contributed by atoms with Crippen LogP contribution in [0.4, 0.5) is 19.3 Å². The summed E-state index contributed by atoms with van der Waals surface area (Å²) < 4.78 is 27.6. The number of fused-ring (bicyclic) bond motifs is 1. The molecule has 34 heavy (non-hydrogen) atoms. The molecule has 3 atom stereocenters. The number of hydrogen-bond donors (Lipinski definition) is 2. The van der Waals surface area contributed by atoms with Gasteiger partial charge in [-0.25, -0.2) is 13.6 Å². The molecule has 0 unspecified atom stereocenters.